The van der Waals surface area contributed by atoms with Crippen molar-refractivity contribution in [2.75, 3.05) is 0 Å². The number of nitrogens with zero attached hydrogens (tertiary/aromatic N) is 4. The van der Waals surface area contributed by atoms with E-state index in [9.17, 15) is 0 Å². The third-order valence-corrected chi connectivity index (χ3v) is 10.3. The van der Waals surface area contributed by atoms with Gasteiger partial charge in [0.2, 0.25) is 0 Å². The number of rotatable bonds is 4. The zero-order valence-electron chi connectivity index (χ0n) is 42.1. The molecule has 0 aliphatic carbocycles. The molecule has 11 aromatic rings. The molecule has 238 valence electrons. The molecular formula is C46H28N4S. The van der Waals surface area contributed by atoms with Gasteiger partial charge >= 0.3 is 0 Å². The highest BCUT2D eigenvalue weighted by Gasteiger charge is 2.17. The van der Waals surface area contributed by atoms with Gasteiger partial charge in [-0.1, -0.05) is 103 Å². The van der Waals surface area contributed by atoms with Crippen LogP contribution in [0.25, 0.3) is 97.7 Å². The lowest BCUT2D eigenvalue weighted by Crippen LogP contribution is -1.95. The molecule has 5 heteroatoms. The Hall–Kier alpha value is -6.56. The summed E-state index contributed by atoms with van der Waals surface area (Å²) in [6.45, 7) is 0. The Kier molecular flexibility index (Phi) is 3.64. The molecule has 0 atom stereocenters. The molecule has 4 nitrogen and oxygen atoms in total. The van der Waals surface area contributed by atoms with Crippen LogP contribution in [0.1, 0.15) is 21.9 Å². The average Bonchev–Trinajstić information content (AvgIpc) is 4.02. The van der Waals surface area contributed by atoms with E-state index in [1.54, 1.807) is 36.4 Å². The Morgan fingerprint density at radius 3 is 1.53 bits per heavy atom. The Balaban J connectivity index is 1.08. The summed E-state index contributed by atoms with van der Waals surface area (Å²) in [5.74, 6) is 0. The number of hydrogen-bond acceptors (Lipinski definition) is 3. The van der Waals surface area contributed by atoms with Crippen molar-refractivity contribution in [1.29, 1.82) is 0 Å². The van der Waals surface area contributed by atoms with Crippen LogP contribution in [0.3, 0.4) is 0 Å². The zero-order valence-corrected chi connectivity index (χ0v) is 26.9. The van der Waals surface area contributed by atoms with Crippen molar-refractivity contribution in [3.8, 4) is 33.8 Å². The van der Waals surface area contributed by atoms with Crippen molar-refractivity contribution in [1.82, 2.24) is 19.1 Å². The summed E-state index contributed by atoms with van der Waals surface area (Å²) >= 11 is 1.45. The largest absolute Gasteiger partial charge is 0.309 e. The molecule has 0 fully saturated rings. The average molecular weight is 685 g/mol. The summed E-state index contributed by atoms with van der Waals surface area (Å²) in [4.78, 5) is 9.38. The van der Waals surface area contributed by atoms with Crippen molar-refractivity contribution in [3.63, 3.8) is 0 Å². The van der Waals surface area contributed by atoms with Gasteiger partial charge in [0.1, 0.15) is 6.33 Å². The molecule has 51 heavy (non-hydrogen) atoms. The normalized spacial score (nSPS) is 16.3. The SMILES string of the molecule is [2H]c1c([2H])c([2H])c2c(c1[2H])c1c([2H])c([2H])c([2H])c([2H])c1n2-c1cccc(-c2ccc3sc4c(-c5cccc(-n6c7c([2H])c([2H])c([2H])c([2H])c7c7c([2H])c([2H])c([2H])c([2H])c76)c5)ncnc4c3c2)c1. The van der Waals surface area contributed by atoms with Gasteiger partial charge in [-0.05, 0) is 71.7 Å². The van der Waals surface area contributed by atoms with Crippen molar-refractivity contribution < 1.29 is 21.9 Å². The number of hydrogen-bond donors (Lipinski definition) is 0. The lowest BCUT2D eigenvalue weighted by atomic mass is 10.0. The minimum Gasteiger partial charge on any atom is -0.309 e. The van der Waals surface area contributed by atoms with Gasteiger partial charge in [0.15, 0.2) is 0 Å². The fourth-order valence-corrected chi connectivity index (χ4v) is 8.08. The second kappa shape index (κ2) is 11.0. The number of benzene rings is 7. The van der Waals surface area contributed by atoms with E-state index >= 15 is 0 Å². The van der Waals surface area contributed by atoms with Gasteiger partial charge in [0.05, 0.1) is 59.9 Å². The van der Waals surface area contributed by atoms with E-state index in [0.29, 0.717) is 33.7 Å². The lowest BCUT2D eigenvalue weighted by molar-refractivity contribution is 1.18. The Morgan fingerprint density at radius 2 is 0.961 bits per heavy atom. The van der Waals surface area contributed by atoms with Crippen LogP contribution in [0.15, 0.2) is 170 Å². The summed E-state index contributed by atoms with van der Waals surface area (Å²) in [6.07, 6.45) is 1.43. The lowest BCUT2D eigenvalue weighted by Gasteiger charge is -2.10. The monoisotopic (exact) mass is 684 g/mol. The maximum atomic E-state index is 8.93. The van der Waals surface area contributed by atoms with Crippen molar-refractivity contribution in [3.05, 3.63) is 170 Å². The molecule has 0 saturated carbocycles. The van der Waals surface area contributed by atoms with Crippen LogP contribution < -0.4 is 0 Å². The minimum absolute atomic E-state index is 0.00316. The summed E-state index contributed by atoms with van der Waals surface area (Å²) in [7, 11) is 0. The highest BCUT2D eigenvalue weighted by molar-refractivity contribution is 7.26. The maximum absolute atomic E-state index is 8.93. The topological polar surface area (TPSA) is 35.6 Å². The first kappa shape index (κ1) is 16.9. The molecule has 0 N–H and O–H groups in total. The van der Waals surface area contributed by atoms with Gasteiger partial charge in [-0.15, -0.1) is 11.3 Å². The predicted octanol–water partition coefficient (Wildman–Crippen LogP) is 12.4. The second-order valence-electron chi connectivity index (χ2n) is 11.9. The Labute approximate surface area is 319 Å². The fourth-order valence-electron chi connectivity index (χ4n) is 6.94. The summed E-state index contributed by atoms with van der Waals surface area (Å²) in [5.41, 5.74) is 4.04. The quantitative estimate of drug-likeness (QED) is 0.185. The maximum Gasteiger partial charge on any atom is 0.116 e. The molecule has 0 bridgehead atoms. The van der Waals surface area contributed by atoms with Gasteiger partial charge in [-0.25, -0.2) is 9.97 Å². The molecule has 0 unspecified atom stereocenters. The smallest absolute Gasteiger partial charge is 0.116 e. The molecule has 11 rings (SSSR count). The number of para-hydroxylation sites is 4. The van der Waals surface area contributed by atoms with Crippen LogP contribution in [0.5, 0.6) is 0 Å². The third-order valence-electron chi connectivity index (χ3n) is 9.13. The summed E-state index contributed by atoms with van der Waals surface area (Å²) in [5, 5.41) is 0.717. The van der Waals surface area contributed by atoms with Crippen LogP contribution in [-0.2, 0) is 0 Å². The fraction of sp³-hybridized carbons (Fsp3) is 0. The Bertz CT molecular complexity index is 3930. The van der Waals surface area contributed by atoms with E-state index in [1.165, 1.54) is 26.8 Å². The van der Waals surface area contributed by atoms with Crippen LogP contribution in [0.2, 0.25) is 0 Å². The molecule has 4 heterocycles. The van der Waals surface area contributed by atoms with E-state index < -0.39 is 96.7 Å². The van der Waals surface area contributed by atoms with E-state index in [2.05, 4.69) is 0 Å². The molecule has 4 aromatic heterocycles. The summed E-state index contributed by atoms with van der Waals surface area (Å²) in [6, 6.07) is 12.5. The first-order valence-electron chi connectivity index (χ1n) is 23.8. The first-order chi connectivity index (χ1) is 31.9. The molecule has 0 radical (unpaired) electrons. The highest BCUT2D eigenvalue weighted by atomic mass is 32.1. The van der Waals surface area contributed by atoms with E-state index in [0.717, 1.165) is 20.3 Å². The Morgan fingerprint density at radius 1 is 0.471 bits per heavy atom. The first-order valence-corrected chi connectivity index (χ1v) is 16.7. The summed E-state index contributed by atoms with van der Waals surface area (Å²) < 4.78 is 143. The zero-order chi connectivity index (χ0) is 47.4. The number of fused-ring (bicyclic) bond motifs is 9. The van der Waals surface area contributed by atoms with Crippen molar-refractivity contribution in [2.24, 2.45) is 0 Å². The minimum atomic E-state index is -0.526. The van der Waals surface area contributed by atoms with Gasteiger partial charge in [0, 0.05) is 48.6 Å². The van der Waals surface area contributed by atoms with Gasteiger partial charge in [-0.2, -0.15) is 0 Å². The number of thiophene rings is 1. The van der Waals surface area contributed by atoms with Crippen LogP contribution in [0.4, 0.5) is 0 Å². The molecule has 0 aliphatic rings. The third kappa shape index (κ3) is 4.25. The highest BCUT2D eigenvalue weighted by Crippen LogP contribution is 2.41. The molecule has 0 spiro atoms. The van der Waals surface area contributed by atoms with Crippen molar-refractivity contribution >= 4 is 75.3 Å². The van der Waals surface area contributed by atoms with E-state index in [-0.39, 0.29) is 43.6 Å². The van der Waals surface area contributed by atoms with Crippen LogP contribution >= 0.6 is 11.3 Å². The predicted molar refractivity (Wildman–Crippen MR) is 214 cm³/mol. The standard InChI is InChI=1S/C46H28N4S/c1-5-19-39-34(15-1)35-16-2-6-20-40(35)49(39)32-13-9-11-29(25-32)30-23-24-43-38(27-30)45-46(51-43)44(47-28-48-45)31-12-10-14-33(26-31)50-41-21-7-3-17-36(41)37-18-4-8-22-42(37)50/h1-28H/i1D,2D,3D,4D,5D,6D,7D,8D,15D,16D,17D,18D,19D,20D,21D,22D. The molecular weight excluding hydrogens is 641 g/mol. The second-order valence-corrected chi connectivity index (χ2v) is 12.9. The van der Waals surface area contributed by atoms with E-state index in [1.807, 2.05) is 30.3 Å². The van der Waals surface area contributed by atoms with Gasteiger partial charge in [-0.3, -0.25) is 0 Å². The van der Waals surface area contributed by atoms with Crippen LogP contribution in [-0.4, -0.2) is 19.1 Å². The van der Waals surface area contributed by atoms with Gasteiger partial charge in [0.25, 0.3) is 0 Å². The van der Waals surface area contributed by atoms with Gasteiger partial charge < -0.3 is 9.13 Å². The molecule has 7 aromatic carbocycles. The number of aromatic nitrogens is 4. The van der Waals surface area contributed by atoms with Crippen molar-refractivity contribution in [2.45, 2.75) is 0 Å². The molecule has 0 saturated heterocycles. The molecule has 0 aliphatic heterocycles. The van der Waals surface area contributed by atoms with E-state index in [4.69, 9.17) is 31.9 Å². The molecule has 0 amide bonds. The van der Waals surface area contributed by atoms with Crippen LogP contribution in [0, 0.1) is 0 Å².